The molecule has 2 bridgehead atoms. The van der Waals surface area contributed by atoms with Crippen molar-refractivity contribution in [1.29, 1.82) is 0 Å². The molecule has 1 amide bonds. The third-order valence-electron chi connectivity index (χ3n) is 4.12. The maximum atomic E-state index is 12.3. The lowest BCUT2D eigenvalue weighted by Crippen LogP contribution is -2.45. The van der Waals surface area contributed by atoms with Crippen molar-refractivity contribution < 1.29 is 13.2 Å². The number of carbonyl (C=O) groups is 1. The molecule has 1 aromatic rings. The van der Waals surface area contributed by atoms with Crippen LogP contribution in [0.3, 0.4) is 0 Å². The second-order valence-electron chi connectivity index (χ2n) is 5.44. The van der Waals surface area contributed by atoms with Crippen LogP contribution in [-0.2, 0) is 21.1 Å². The molecular formula is C14H18N2O3S. The second kappa shape index (κ2) is 4.86. The fourth-order valence-electron chi connectivity index (χ4n) is 3.18. The van der Waals surface area contributed by atoms with Crippen LogP contribution < -0.4 is 10.6 Å². The Balaban J connectivity index is 1.94. The van der Waals surface area contributed by atoms with E-state index < -0.39 is 15.1 Å². The number of nitrogens with zero attached hydrogens (tertiary/aromatic N) is 1. The Hall–Kier alpha value is -1.40. The molecule has 1 aromatic carbocycles. The van der Waals surface area contributed by atoms with E-state index in [1.54, 1.807) is 4.90 Å². The summed E-state index contributed by atoms with van der Waals surface area (Å²) >= 11 is 0. The molecule has 2 saturated heterocycles. The van der Waals surface area contributed by atoms with Crippen LogP contribution in [0.4, 0.5) is 5.69 Å². The lowest BCUT2D eigenvalue weighted by atomic mass is 10.1. The summed E-state index contributed by atoms with van der Waals surface area (Å²) in [6.07, 6.45) is 2.10. The highest BCUT2D eigenvalue weighted by molar-refractivity contribution is 7.93. The highest BCUT2D eigenvalue weighted by Gasteiger charge is 2.55. The summed E-state index contributed by atoms with van der Waals surface area (Å²) in [6, 6.07) is 7.51. The van der Waals surface area contributed by atoms with Crippen molar-refractivity contribution in [2.45, 2.75) is 30.6 Å². The molecule has 0 saturated carbocycles. The Bertz CT molecular complexity index is 642. The van der Waals surface area contributed by atoms with Crippen LogP contribution in [0.2, 0.25) is 0 Å². The zero-order valence-corrected chi connectivity index (χ0v) is 12.0. The molecule has 2 aliphatic rings. The van der Waals surface area contributed by atoms with E-state index in [4.69, 9.17) is 5.73 Å². The van der Waals surface area contributed by atoms with Gasteiger partial charge in [-0.05, 0) is 37.4 Å². The third-order valence-corrected chi connectivity index (χ3v) is 6.23. The molecule has 108 valence electrons. The van der Waals surface area contributed by atoms with Crippen LogP contribution >= 0.6 is 0 Å². The highest BCUT2D eigenvalue weighted by Crippen LogP contribution is 2.38. The lowest BCUT2D eigenvalue weighted by Gasteiger charge is -2.29. The first-order valence-electron chi connectivity index (χ1n) is 6.87. The highest BCUT2D eigenvalue weighted by atomic mass is 32.2. The number of anilines is 1. The van der Waals surface area contributed by atoms with E-state index in [0.717, 1.165) is 24.1 Å². The number of sulfone groups is 1. The Morgan fingerprint density at radius 2 is 2.05 bits per heavy atom. The summed E-state index contributed by atoms with van der Waals surface area (Å²) in [6.45, 7) is 0.600. The normalized spacial score (nSPS) is 27.2. The maximum Gasteiger partial charge on any atom is 0.245 e. The second-order valence-corrected chi connectivity index (χ2v) is 7.66. The molecule has 2 fully saturated rings. The number of para-hydroxylation sites is 1. The molecular weight excluding hydrogens is 276 g/mol. The molecule has 6 heteroatoms. The van der Waals surface area contributed by atoms with Crippen molar-refractivity contribution >= 4 is 21.4 Å². The number of nitrogens with two attached hydrogens (primary N) is 1. The van der Waals surface area contributed by atoms with Crippen LogP contribution in [-0.4, -0.2) is 37.9 Å². The standard InChI is InChI=1S/C14H18N2O3S/c15-7-3-5-10-4-1-2-6-12(10)16-11-8-13(14(16)17)20(18,19)9-11/h1-2,4,6,11,13H,3,5,7-9,15H2. The molecule has 0 aliphatic carbocycles. The maximum absolute atomic E-state index is 12.3. The van der Waals surface area contributed by atoms with Gasteiger partial charge in [0.05, 0.1) is 11.8 Å². The number of carbonyl (C=O) groups excluding carboxylic acids is 1. The van der Waals surface area contributed by atoms with Gasteiger partial charge in [0.2, 0.25) is 5.91 Å². The fraction of sp³-hybridized carbons (Fsp3) is 0.500. The first-order valence-corrected chi connectivity index (χ1v) is 8.59. The number of hydrogen-bond donors (Lipinski definition) is 1. The number of aryl methyl sites for hydroxylation is 1. The van der Waals surface area contributed by atoms with Gasteiger partial charge in [0, 0.05) is 5.69 Å². The Labute approximate surface area is 118 Å². The molecule has 2 atom stereocenters. The summed E-state index contributed by atoms with van der Waals surface area (Å²) in [5.41, 5.74) is 7.46. The van der Waals surface area contributed by atoms with Gasteiger partial charge in [0.1, 0.15) is 5.25 Å². The van der Waals surface area contributed by atoms with E-state index in [1.165, 1.54) is 0 Å². The monoisotopic (exact) mass is 294 g/mol. The Morgan fingerprint density at radius 1 is 1.30 bits per heavy atom. The van der Waals surface area contributed by atoms with Gasteiger partial charge in [-0.15, -0.1) is 0 Å². The molecule has 5 nitrogen and oxygen atoms in total. The van der Waals surface area contributed by atoms with E-state index in [2.05, 4.69) is 0 Å². The van der Waals surface area contributed by atoms with Crippen LogP contribution in [0.25, 0.3) is 0 Å². The van der Waals surface area contributed by atoms with Crippen molar-refractivity contribution in [2.24, 2.45) is 5.73 Å². The summed E-state index contributed by atoms with van der Waals surface area (Å²) in [4.78, 5) is 14.0. The van der Waals surface area contributed by atoms with E-state index in [1.807, 2.05) is 24.3 Å². The van der Waals surface area contributed by atoms with Crippen molar-refractivity contribution in [3.8, 4) is 0 Å². The smallest absolute Gasteiger partial charge is 0.245 e. The van der Waals surface area contributed by atoms with Gasteiger partial charge in [-0.1, -0.05) is 18.2 Å². The van der Waals surface area contributed by atoms with Gasteiger partial charge in [-0.3, -0.25) is 4.79 Å². The summed E-state index contributed by atoms with van der Waals surface area (Å²) in [5.74, 6) is -0.171. The minimum absolute atomic E-state index is 0.0919. The molecule has 0 spiro atoms. The van der Waals surface area contributed by atoms with E-state index in [9.17, 15) is 13.2 Å². The van der Waals surface area contributed by atoms with E-state index in [-0.39, 0.29) is 17.7 Å². The number of hydrogen-bond acceptors (Lipinski definition) is 4. The van der Waals surface area contributed by atoms with Gasteiger partial charge in [0.15, 0.2) is 9.84 Å². The van der Waals surface area contributed by atoms with Crippen molar-refractivity contribution in [2.75, 3.05) is 17.2 Å². The van der Waals surface area contributed by atoms with Crippen molar-refractivity contribution in [3.63, 3.8) is 0 Å². The molecule has 0 radical (unpaired) electrons. The minimum atomic E-state index is -3.22. The number of benzene rings is 1. The first-order chi connectivity index (χ1) is 9.54. The van der Waals surface area contributed by atoms with Gasteiger partial charge < -0.3 is 10.6 Å². The zero-order chi connectivity index (χ0) is 14.3. The van der Waals surface area contributed by atoms with E-state index >= 15 is 0 Å². The van der Waals surface area contributed by atoms with Crippen molar-refractivity contribution in [3.05, 3.63) is 29.8 Å². The van der Waals surface area contributed by atoms with Gasteiger partial charge in [0.25, 0.3) is 0 Å². The van der Waals surface area contributed by atoms with Gasteiger partial charge in [-0.2, -0.15) is 0 Å². The van der Waals surface area contributed by atoms with Crippen LogP contribution in [0.1, 0.15) is 18.4 Å². The molecule has 2 heterocycles. The predicted molar refractivity (Wildman–Crippen MR) is 77.3 cm³/mol. The predicted octanol–water partition coefficient (Wildman–Crippen LogP) is 0.480. The topological polar surface area (TPSA) is 80.5 Å². The molecule has 2 N–H and O–H groups in total. The third kappa shape index (κ3) is 2.03. The Morgan fingerprint density at radius 3 is 2.70 bits per heavy atom. The average Bonchev–Trinajstić information content (AvgIpc) is 2.89. The van der Waals surface area contributed by atoms with Gasteiger partial charge >= 0.3 is 0 Å². The number of fused-ring (bicyclic) bond motifs is 2. The van der Waals surface area contributed by atoms with E-state index in [0.29, 0.717) is 13.0 Å². The number of amides is 1. The van der Waals surface area contributed by atoms with Crippen molar-refractivity contribution in [1.82, 2.24) is 0 Å². The molecule has 0 aromatic heterocycles. The van der Waals surface area contributed by atoms with Crippen LogP contribution in [0, 0.1) is 0 Å². The quantitative estimate of drug-likeness (QED) is 0.876. The van der Waals surface area contributed by atoms with Crippen LogP contribution in [0.5, 0.6) is 0 Å². The molecule has 2 unspecified atom stereocenters. The summed E-state index contributed by atoms with van der Waals surface area (Å²) < 4.78 is 23.6. The number of rotatable bonds is 4. The summed E-state index contributed by atoms with van der Waals surface area (Å²) in [5, 5.41) is -0.824. The van der Waals surface area contributed by atoms with Gasteiger partial charge in [-0.25, -0.2) is 8.42 Å². The average molecular weight is 294 g/mol. The minimum Gasteiger partial charge on any atom is -0.330 e. The molecule has 20 heavy (non-hydrogen) atoms. The van der Waals surface area contributed by atoms with Crippen LogP contribution in [0.15, 0.2) is 24.3 Å². The molecule has 2 aliphatic heterocycles. The largest absolute Gasteiger partial charge is 0.330 e. The zero-order valence-electron chi connectivity index (χ0n) is 11.2. The fourth-order valence-corrected chi connectivity index (χ4v) is 5.17. The Kier molecular flexibility index (Phi) is 3.30. The lowest BCUT2D eigenvalue weighted by molar-refractivity contribution is -0.117. The molecule has 3 rings (SSSR count). The SMILES string of the molecule is NCCCc1ccccc1N1C(=O)C2CC1CS2(=O)=O. The first kappa shape index (κ1) is 13.6. The summed E-state index contributed by atoms with van der Waals surface area (Å²) in [7, 11) is -3.22.